The number of halogens is 1. The van der Waals surface area contributed by atoms with E-state index in [1.807, 2.05) is 46.8 Å². The second-order valence-corrected chi connectivity index (χ2v) is 10.8. The summed E-state index contributed by atoms with van der Waals surface area (Å²) in [6.07, 6.45) is 3.60. The molecule has 1 aliphatic rings. The van der Waals surface area contributed by atoms with Gasteiger partial charge in [0.25, 0.3) is 0 Å². The van der Waals surface area contributed by atoms with Crippen LogP contribution >= 0.6 is 0 Å². The van der Waals surface area contributed by atoms with Gasteiger partial charge in [-0.2, -0.15) is 0 Å². The van der Waals surface area contributed by atoms with Crippen molar-refractivity contribution in [1.29, 1.82) is 0 Å². The number of carbonyl (C=O) groups excluding carboxylic acids is 1. The first-order chi connectivity index (χ1) is 16.9. The summed E-state index contributed by atoms with van der Waals surface area (Å²) in [6.45, 7) is 11.7. The van der Waals surface area contributed by atoms with E-state index >= 15 is 0 Å². The van der Waals surface area contributed by atoms with Gasteiger partial charge in [-0.25, -0.2) is 9.18 Å². The molecule has 1 amide bonds. The van der Waals surface area contributed by atoms with Gasteiger partial charge >= 0.3 is 6.09 Å². The molecule has 1 heterocycles. The highest BCUT2D eigenvalue weighted by atomic mass is 19.1. The van der Waals surface area contributed by atoms with Crippen molar-refractivity contribution >= 4 is 12.2 Å². The quantitative estimate of drug-likeness (QED) is 0.376. The van der Waals surface area contributed by atoms with Gasteiger partial charge in [-0.3, -0.25) is 4.90 Å². The third kappa shape index (κ3) is 6.03. The first kappa shape index (κ1) is 25.6. The normalized spacial score (nSPS) is 17.5. The van der Waals surface area contributed by atoms with Crippen LogP contribution in [0.15, 0.2) is 72.8 Å². The fourth-order valence-electron chi connectivity index (χ4n) is 4.33. The van der Waals surface area contributed by atoms with Crippen LogP contribution in [-0.2, 0) is 9.47 Å². The van der Waals surface area contributed by atoms with Crippen molar-refractivity contribution in [3.05, 3.63) is 89.8 Å². The van der Waals surface area contributed by atoms with Gasteiger partial charge in [0, 0.05) is 0 Å². The Balaban J connectivity index is 1.70. The molecular weight excluding hydrogens is 453 g/mol. The number of ether oxygens (including phenoxy) is 2. The van der Waals surface area contributed by atoms with Crippen LogP contribution in [0.1, 0.15) is 45.7 Å². The molecule has 0 radical (unpaired) electrons. The summed E-state index contributed by atoms with van der Waals surface area (Å²) in [6, 6.07) is 20.9. The van der Waals surface area contributed by atoms with E-state index in [4.69, 9.17) is 9.47 Å². The highest BCUT2D eigenvalue weighted by molar-refractivity contribution is 5.77. The van der Waals surface area contributed by atoms with Crippen LogP contribution in [-0.4, -0.2) is 35.0 Å². The van der Waals surface area contributed by atoms with E-state index in [0.717, 1.165) is 27.8 Å². The van der Waals surface area contributed by atoms with E-state index in [-0.39, 0.29) is 11.9 Å². The third-order valence-electron chi connectivity index (χ3n) is 6.14. The SMILES string of the molecule is Cc1ccc(-c2cc(/C=C\[C@@H]3COC(C)(C)N3C(=O)OC(C)(C)C)cc(-c3ccc(F)cc3)c2)cc1. The van der Waals surface area contributed by atoms with Crippen LogP contribution in [0.25, 0.3) is 28.3 Å². The number of carbonyl (C=O) groups is 1. The minimum atomic E-state index is -0.777. The molecule has 0 unspecified atom stereocenters. The molecular formula is C31H34FNO3. The largest absolute Gasteiger partial charge is 0.444 e. The van der Waals surface area contributed by atoms with Gasteiger partial charge < -0.3 is 9.47 Å². The van der Waals surface area contributed by atoms with Crippen LogP contribution in [0.4, 0.5) is 9.18 Å². The van der Waals surface area contributed by atoms with Crippen LogP contribution in [0.3, 0.4) is 0 Å². The topological polar surface area (TPSA) is 38.8 Å². The smallest absolute Gasteiger partial charge is 0.413 e. The van der Waals surface area contributed by atoms with Gasteiger partial charge in [0.2, 0.25) is 0 Å². The lowest BCUT2D eigenvalue weighted by atomic mass is 9.95. The zero-order valence-corrected chi connectivity index (χ0v) is 21.8. The third-order valence-corrected chi connectivity index (χ3v) is 6.14. The summed E-state index contributed by atoms with van der Waals surface area (Å²) >= 11 is 0. The van der Waals surface area contributed by atoms with Crippen molar-refractivity contribution in [2.75, 3.05) is 6.61 Å². The highest BCUT2D eigenvalue weighted by Crippen LogP contribution is 2.32. The fraction of sp³-hybridized carbons (Fsp3) is 0.323. The van der Waals surface area contributed by atoms with Gasteiger partial charge in [-0.05, 0) is 99.7 Å². The minimum Gasteiger partial charge on any atom is -0.444 e. The number of hydrogen-bond donors (Lipinski definition) is 0. The minimum absolute atomic E-state index is 0.264. The lowest BCUT2D eigenvalue weighted by Crippen LogP contribution is -2.49. The molecule has 0 bridgehead atoms. The molecule has 1 aliphatic heterocycles. The molecule has 0 spiro atoms. The van der Waals surface area contributed by atoms with Crippen molar-refractivity contribution in [2.24, 2.45) is 0 Å². The highest BCUT2D eigenvalue weighted by Gasteiger charge is 2.44. The average molecular weight is 488 g/mol. The second kappa shape index (κ2) is 9.90. The van der Waals surface area contributed by atoms with Crippen LogP contribution in [0, 0.1) is 12.7 Å². The number of hydrogen-bond acceptors (Lipinski definition) is 3. The molecule has 188 valence electrons. The Morgan fingerprint density at radius 2 is 1.53 bits per heavy atom. The summed E-state index contributed by atoms with van der Waals surface area (Å²) in [4.78, 5) is 14.6. The van der Waals surface area contributed by atoms with Crippen molar-refractivity contribution in [1.82, 2.24) is 4.90 Å². The number of benzene rings is 3. The number of amides is 1. The van der Waals surface area contributed by atoms with Crippen LogP contribution < -0.4 is 0 Å². The standard InChI is InChI=1S/C31H34FNO3/c1-21-7-10-23(11-8-21)25-17-22(18-26(19-25)24-12-14-27(32)15-13-24)9-16-28-20-35-31(5,6)33(28)29(34)36-30(2,3)4/h7-19,28H,20H2,1-6H3/b16-9-/t28-/m1/s1. The van der Waals surface area contributed by atoms with Gasteiger partial charge in [0.1, 0.15) is 17.1 Å². The lowest BCUT2D eigenvalue weighted by Gasteiger charge is -2.34. The van der Waals surface area contributed by atoms with E-state index < -0.39 is 17.4 Å². The summed E-state index contributed by atoms with van der Waals surface area (Å²) in [5.41, 5.74) is 4.86. The van der Waals surface area contributed by atoms with E-state index in [1.54, 1.807) is 17.0 Å². The first-order valence-electron chi connectivity index (χ1n) is 12.2. The van der Waals surface area contributed by atoms with E-state index in [0.29, 0.717) is 6.61 Å². The van der Waals surface area contributed by atoms with Crippen molar-refractivity contribution in [3.63, 3.8) is 0 Å². The van der Waals surface area contributed by atoms with Gasteiger partial charge in [0.05, 0.1) is 12.6 Å². The molecule has 3 aromatic carbocycles. The number of aryl methyl sites for hydroxylation is 1. The Bertz CT molecular complexity index is 1190. The Morgan fingerprint density at radius 1 is 0.972 bits per heavy atom. The maximum absolute atomic E-state index is 13.6. The van der Waals surface area contributed by atoms with Gasteiger partial charge in [-0.15, -0.1) is 0 Å². The maximum Gasteiger partial charge on any atom is 0.413 e. The molecule has 0 aliphatic carbocycles. The summed E-state index contributed by atoms with van der Waals surface area (Å²) in [5, 5.41) is 0. The Labute approximate surface area is 213 Å². The van der Waals surface area contributed by atoms with Crippen molar-refractivity contribution < 1.29 is 18.7 Å². The molecule has 1 saturated heterocycles. The zero-order chi connectivity index (χ0) is 26.1. The van der Waals surface area contributed by atoms with Crippen LogP contribution in [0.5, 0.6) is 0 Å². The predicted molar refractivity (Wildman–Crippen MR) is 143 cm³/mol. The van der Waals surface area contributed by atoms with Crippen molar-refractivity contribution in [2.45, 2.75) is 58.9 Å². The molecule has 1 fully saturated rings. The predicted octanol–water partition coefficient (Wildman–Crippen LogP) is 7.85. The number of rotatable bonds is 4. The molecule has 0 saturated carbocycles. The molecule has 4 nitrogen and oxygen atoms in total. The Hall–Kier alpha value is -3.44. The van der Waals surface area contributed by atoms with E-state index in [1.165, 1.54) is 17.7 Å². The Morgan fingerprint density at radius 3 is 2.08 bits per heavy atom. The average Bonchev–Trinajstić information content (AvgIpc) is 3.11. The molecule has 4 rings (SSSR count). The lowest BCUT2D eigenvalue weighted by molar-refractivity contribution is -0.0610. The van der Waals surface area contributed by atoms with Crippen molar-refractivity contribution in [3.8, 4) is 22.3 Å². The first-order valence-corrected chi connectivity index (χ1v) is 12.2. The zero-order valence-electron chi connectivity index (χ0n) is 21.8. The molecule has 3 aromatic rings. The summed E-state index contributed by atoms with van der Waals surface area (Å²) in [5.74, 6) is -0.264. The molecule has 5 heteroatoms. The van der Waals surface area contributed by atoms with E-state index in [9.17, 15) is 9.18 Å². The van der Waals surface area contributed by atoms with Gasteiger partial charge in [0.15, 0.2) is 0 Å². The molecule has 1 atom stereocenters. The monoisotopic (exact) mass is 487 g/mol. The molecule has 0 N–H and O–H groups in total. The molecule has 36 heavy (non-hydrogen) atoms. The maximum atomic E-state index is 13.6. The number of nitrogens with zero attached hydrogens (tertiary/aromatic N) is 1. The Kier molecular flexibility index (Phi) is 7.05. The summed E-state index contributed by atoms with van der Waals surface area (Å²) < 4.78 is 25.2. The second-order valence-electron chi connectivity index (χ2n) is 10.8. The molecule has 0 aromatic heterocycles. The van der Waals surface area contributed by atoms with Crippen LogP contribution in [0.2, 0.25) is 0 Å². The van der Waals surface area contributed by atoms with Gasteiger partial charge in [-0.1, -0.05) is 54.1 Å². The summed E-state index contributed by atoms with van der Waals surface area (Å²) in [7, 11) is 0. The van der Waals surface area contributed by atoms with E-state index in [2.05, 4.69) is 49.4 Å². The fourth-order valence-corrected chi connectivity index (χ4v) is 4.33.